The van der Waals surface area contributed by atoms with Gasteiger partial charge in [0.05, 0.1) is 18.2 Å². The topological polar surface area (TPSA) is 111 Å². The van der Waals surface area contributed by atoms with Gasteiger partial charge in [-0.25, -0.2) is 9.59 Å². The van der Waals surface area contributed by atoms with E-state index in [1.807, 2.05) is 33.8 Å². The third-order valence-corrected chi connectivity index (χ3v) is 5.64. The highest BCUT2D eigenvalue weighted by Gasteiger charge is 2.27. The van der Waals surface area contributed by atoms with E-state index in [1.54, 1.807) is 30.0 Å². The van der Waals surface area contributed by atoms with Crippen LogP contribution in [0.1, 0.15) is 66.5 Å². The minimum atomic E-state index is -0.869. The summed E-state index contributed by atoms with van der Waals surface area (Å²) in [7, 11) is 0. The first kappa shape index (κ1) is 27.5. The van der Waals surface area contributed by atoms with Gasteiger partial charge >= 0.3 is 6.09 Å². The number of amides is 2. The van der Waals surface area contributed by atoms with Gasteiger partial charge in [-0.2, -0.15) is 0 Å². The first-order chi connectivity index (χ1) is 17.5. The maximum absolute atomic E-state index is 13.1. The summed E-state index contributed by atoms with van der Waals surface area (Å²) in [5.74, 6) is 1.32. The van der Waals surface area contributed by atoms with Gasteiger partial charge in [-0.15, -0.1) is 0 Å². The normalized spacial score (nSPS) is 13.5. The fraction of sp³-hybridized carbons (Fsp3) is 0.393. The Morgan fingerprint density at radius 1 is 1.14 bits per heavy atom. The molecule has 9 heteroatoms. The molecule has 1 heterocycles. The van der Waals surface area contributed by atoms with Gasteiger partial charge in [0.2, 0.25) is 0 Å². The standard InChI is InChI=1S/C28H32N2O7/c1-6-35-22-9-10-23(24(16-22)36-14-13-31)25(32)18(2)29-26(33)20-7-8-21-17-30(12-11-19(21)15-20)27(34)37-28(3,4)5/h7-10,14-16,18H,6,11-12,17H2,1-5H3,(H,29,33)/t18-/m0/s1. The summed E-state index contributed by atoms with van der Waals surface area (Å²) in [5.41, 5.74) is 1.94. The smallest absolute Gasteiger partial charge is 0.410 e. The molecule has 0 spiro atoms. The SMILES string of the molecule is CCOc1ccc(C(=O)[C@H](C)NC(=O)c2ccc3c(c2)CCN(C(=O)OC(C)(C)C)C3)c(OC=C=O)c1. The molecular weight excluding hydrogens is 476 g/mol. The zero-order valence-electron chi connectivity index (χ0n) is 21.8. The first-order valence-electron chi connectivity index (χ1n) is 12.1. The maximum Gasteiger partial charge on any atom is 0.410 e. The average Bonchev–Trinajstić information content (AvgIpc) is 2.85. The molecule has 0 aromatic heterocycles. The minimum Gasteiger partial charge on any atom is -0.494 e. The number of ketones is 1. The molecule has 0 unspecified atom stereocenters. The van der Waals surface area contributed by atoms with Crippen molar-refractivity contribution in [3.05, 3.63) is 64.9 Å². The highest BCUT2D eigenvalue weighted by atomic mass is 16.6. The predicted octanol–water partition coefficient (Wildman–Crippen LogP) is 4.10. The molecule has 37 heavy (non-hydrogen) atoms. The van der Waals surface area contributed by atoms with E-state index in [0.717, 1.165) is 17.4 Å². The third-order valence-electron chi connectivity index (χ3n) is 5.64. The van der Waals surface area contributed by atoms with Crippen LogP contribution in [0.15, 0.2) is 42.7 Å². The summed E-state index contributed by atoms with van der Waals surface area (Å²) in [6.07, 6.45) is 1.03. The number of Topliss-reactive ketones (excluding diaryl/α,β-unsaturated/α-hetero) is 1. The van der Waals surface area contributed by atoms with Crippen molar-refractivity contribution in [2.45, 2.75) is 59.2 Å². The van der Waals surface area contributed by atoms with Gasteiger partial charge in [0.25, 0.3) is 5.91 Å². The molecule has 196 valence electrons. The number of carbonyl (C=O) groups excluding carboxylic acids is 4. The van der Waals surface area contributed by atoms with E-state index >= 15 is 0 Å². The number of hydrogen-bond acceptors (Lipinski definition) is 7. The Morgan fingerprint density at radius 3 is 2.57 bits per heavy atom. The van der Waals surface area contributed by atoms with Crippen molar-refractivity contribution in [3.63, 3.8) is 0 Å². The Labute approximate surface area is 216 Å². The van der Waals surface area contributed by atoms with Crippen LogP contribution in [-0.4, -0.2) is 53.4 Å². The summed E-state index contributed by atoms with van der Waals surface area (Å²) in [6, 6.07) is 9.05. The van der Waals surface area contributed by atoms with Crippen LogP contribution in [0.3, 0.4) is 0 Å². The van der Waals surface area contributed by atoms with Gasteiger partial charge in [-0.3, -0.25) is 9.59 Å². The number of nitrogens with one attached hydrogen (secondary N) is 1. The Balaban J connectivity index is 1.70. The molecular formula is C28H32N2O7. The van der Waals surface area contributed by atoms with E-state index < -0.39 is 23.3 Å². The molecule has 1 aliphatic heterocycles. The maximum atomic E-state index is 13.1. The summed E-state index contributed by atoms with van der Waals surface area (Å²) in [6.45, 7) is 10.2. The summed E-state index contributed by atoms with van der Waals surface area (Å²) in [5, 5.41) is 2.73. The van der Waals surface area contributed by atoms with Crippen molar-refractivity contribution in [1.82, 2.24) is 10.2 Å². The number of fused-ring (bicyclic) bond motifs is 1. The van der Waals surface area contributed by atoms with Crippen LogP contribution in [0.4, 0.5) is 4.79 Å². The van der Waals surface area contributed by atoms with Gasteiger partial charge in [-0.1, -0.05) is 6.07 Å². The van der Waals surface area contributed by atoms with Crippen molar-refractivity contribution < 1.29 is 33.4 Å². The Kier molecular flexibility index (Phi) is 8.73. The molecule has 0 radical (unpaired) electrons. The first-order valence-corrected chi connectivity index (χ1v) is 12.1. The fourth-order valence-electron chi connectivity index (χ4n) is 3.90. The van der Waals surface area contributed by atoms with Crippen LogP contribution >= 0.6 is 0 Å². The molecule has 0 fully saturated rings. The van der Waals surface area contributed by atoms with Crippen LogP contribution in [0, 0.1) is 0 Å². The van der Waals surface area contributed by atoms with Crippen molar-refractivity contribution in [2.24, 2.45) is 0 Å². The number of nitrogens with zero attached hydrogens (tertiary/aromatic N) is 1. The van der Waals surface area contributed by atoms with Gasteiger partial charge in [0.1, 0.15) is 17.1 Å². The number of carbonyl (C=O) groups is 3. The Hall–Kier alpha value is -4.10. The number of benzene rings is 2. The lowest BCUT2D eigenvalue weighted by Crippen LogP contribution is -2.40. The molecule has 3 rings (SSSR count). The van der Waals surface area contributed by atoms with Crippen molar-refractivity contribution in [3.8, 4) is 11.5 Å². The largest absolute Gasteiger partial charge is 0.494 e. The highest BCUT2D eigenvalue weighted by molar-refractivity contribution is 6.05. The van der Waals surface area contributed by atoms with E-state index in [9.17, 15) is 19.2 Å². The van der Waals surface area contributed by atoms with Crippen LogP contribution in [-0.2, 0) is 22.5 Å². The van der Waals surface area contributed by atoms with Crippen molar-refractivity contribution in [2.75, 3.05) is 13.2 Å². The summed E-state index contributed by atoms with van der Waals surface area (Å²) in [4.78, 5) is 50.7. The zero-order chi connectivity index (χ0) is 27.2. The predicted molar refractivity (Wildman–Crippen MR) is 137 cm³/mol. The van der Waals surface area contributed by atoms with Gasteiger partial charge in [0, 0.05) is 24.7 Å². The monoisotopic (exact) mass is 508 g/mol. The van der Waals surface area contributed by atoms with Crippen LogP contribution in [0.5, 0.6) is 11.5 Å². The summed E-state index contributed by atoms with van der Waals surface area (Å²) >= 11 is 0. The minimum absolute atomic E-state index is 0.128. The van der Waals surface area contributed by atoms with Gasteiger partial charge < -0.3 is 24.4 Å². The number of ether oxygens (including phenoxy) is 3. The second-order valence-corrected chi connectivity index (χ2v) is 9.64. The zero-order valence-corrected chi connectivity index (χ0v) is 21.8. The van der Waals surface area contributed by atoms with E-state index in [4.69, 9.17) is 14.2 Å². The van der Waals surface area contributed by atoms with E-state index in [0.29, 0.717) is 37.4 Å². The van der Waals surface area contributed by atoms with Crippen molar-refractivity contribution >= 4 is 23.7 Å². The van der Waals surface area contributed by atoms with E-state index in [1.165, 1.54) is 18.1 Å². The van der Waals surface area contributed by atoms with E-state index in [2.05, 4.69) is 5.32 Å². The Morgan fingerprint density at radius 2 is 1.89 bits per heavy atom. The summed E-state index contributed by atoms with van der Waals surface area (Å²) < 4.78 is 16.1. The van der Waals surface area contributed by atoms with Gasteiger partial charge in [0.15, 0.2) is 18.0 Å². The molecule has 0 saturated carbocycles. The molecule has 2 aromatic carbocycles. The molecule has 0 bridgehead atoms. The molecule has 2 amide bonds. The number of hydrogen-bond donors (Lipinski definition) is 1. The molecule has 0 aliphatic carbocycles. The lowest BCUT2D eigenvalue weighted by molar-refractivity contribution is 0.0223. The highest BCUT2D eigenvalue weighted by Crippen LogP contribution is 2.27. The molecule has 0 saturated heterocycles. The lowest BCUT2D eigenvalue weighted by atomic mass is 9.97. The lowest BCUT2D eigenvalue weighted by Gasteiger charge is -2.31. The van der Waals surface area contributed by atoms with Crippen LogP contribution in [0.25, 0.3) is 0 Å². The molecule has 1 atom stereocenters. The van der Waals surface area contributed by atoms with Gasteiger partial charge in [-0.05, 0) is 76.4 Å². The second kappa shape index (κ2) is 11.8. The van der Waals surface area contributed by atoms with Crippen LogP contribution in [0.2, 0.25) is 0 Å². The van der Waals surface area contributed by atoms with Crippen molar-refractivity contribution in [1.29, 1.82) is 0 Å². The fourth-order valence-corrected chi connectivity index (χ4v) is 3.90. The second-order valence-electron chi connectivity index (χ2n) is 9.64. The quantitative estimate of drug-likeness (QED) is 0.325. The van der Waals surface area contributed by atoms with E-state index in [-0.39, 0.29) is 17.4 Å². The number of rotatable bonds is 8. The molecule has 1 aliphatic rings. The molecule has 9 nitrogen and oxygen atoms in total. The molecule has 2 aromatic rings. The van der Waals surface area contributed by atoms with Crippen LogP contribution < -0.4 is 14.8 Å². The average molecular weight is 509 g/mol. The third kappa shape index (κ3) is 7.21. The molecule has 1 N–H and O–H groups in total. The Bertz CT molecular complexity index is 1230.